The highest BCUT2D eigenvalue weighted by molar-refractivity contribution is 7.94. The zero-order chi connectivity index (χ0) is 24.6. The molecule has 14 heteroatoms. The van der Waals surface area contributed by atoms with Crippen molar-refractivity contribution in [3.63, 3.8) is 0 Å². The molecule has 1 aliphatic rings. The topological polar surface area (TPSA) is 99.7 Å². The number of pyridine rings is 1. The van der Waals surface area contributed by atoms with Gasteiger partial charge in [0.2, 0.25) is 0 Å². The fourth-order valence-corrected chi connectivity index (χ4v) is 6.30. The molecule has 0 spiro atoms. The Bertz CT molecular complexity index is 1360. The van der Waals surface area contributed by atoms with E-state index >= 15 is 0 Å². The smallest absolute Gasteiger partial charge is 0.357 e. The zero-order valence-electron chi connectivity index (χ0n) is 17.4. The fourth-order valence-electron chi connectivity index (χ4n) is 3.46. The van der Waals surface area contributed by atoms with Gasteiger partial charge >= 0.3 is 5.51 Å². The lowest BCUT2D eigenvalue weighted by molar-refractivity contribution is -0.0436. The molecule has 3 aromatic rings. The normalized spacial score (nSPS) is 15.6. The van der Waals surface area contributed by atoms with Crippen molar-refractivity contribution in [1.29, 1.82) is 0 Å². The van der Waals surface area contributed by atoms with Crippen molar-refractivity contribution in [3.05, 3.63) is 65.8 Å². The van der Waals surface area contributed by atoms with Gasteiger partial charge in [0, 0.05) is 31.5 Å². The van der Waals surface area contributed by atoms with Crippen LogP contribution in [0, 0.1) is 0 Å². The third-order valence-corrected chi connectivity index (χ3v) is 9.45. The van der Waals surface area contributed by atoms with E-state index in [0.717, 1.165) is 23.5 Å². The largest absolute Gasteiger partial charge is 0.501 e. The van der Waals surface area contributed by atoms with Gasteiger partial charge in [-0.3, -0.25) is 14.6 Å². The maximum atomic E-state index is 12.7. The van der Waals surface area contributed by atoms with E-state index in [-0.39, 0.29) is 4.21 Å². The van der Waals surface area contributed by atoms with Gasteiger partial charge in [-0.15, -0.1) is 11.3 Å². The van der Waals surface area contributed by atoms with Gasteiger partial charge in [-0.2, -0.15) is 13.2 Å². The highest BCUT2D eigenvalue weighted by Crippen LogP contribution is 2.32. The third-order valence-electron chi connectivity index (χ3n) is 5.18. The molecule has 3 heterocycles. The standard InChI is InChI=1S/C20H19F3N4O4S3/c21-20(22,23)33(28,29)17-5-3-16(4-6-17)27-10-9-26(14-27)13-15-7-8-24-12-18(15)25-34(30,31)19-2-1-11-32-19/h1-8,11-12,25H,9-10,13-14H2. The summed E-state index contributed by atoms with van der Waals surface area (Å²) in [6.45, 7) is 2.00. The number of anilines is 2. The molecular weight excluding hydrogens is 513 g/mol. The van der Waals surface area contributed by atoms with Crippen molar-refractivity contribution in [2.45, 2.75) is 21.2 Å². The van der Waals surface area contributed by atoms with E-state index in [1.54, 1.807) is 23.7 Å². The Morgan fingerprint density at radius 2 is 1.76 bits per heavy atom. The molecule has 8 nitrogen and oxygen atoms in total. The van der Waals surface area contributed by atoms with Crippen LogP contribution >= 0.6 is 11.3 Å². The summed E-state index contributed by atoms with van der Waals surface area (Å²) in [6, 6.07) is 9.44. The quantitative estimate of drug-likeness (QED) is 0.497. The van der Waals surface area contributed by atoms with Crippen molar-refractivity contribution >= 4 is 42.6 Å². The maximum Gasteiger partial charge on any atom is 0.501 e. The Morgan fingerprint density at radius 1 is 1.03 bits per heavy atom. The zero-order valence-corrected chi connectivity index (χ0v) is 19.9. The van der Waals surface area contributed by atoms with Gasteiger partial charge in [0.25, 0.3) is 19.9 Å². The van der Waals surface area contributed by atoms with Crippen LogP contribution < -0.4 is 9.62 Å². The average Bonchev–Trinajstić information content (AvgIpc) is 3.47. The third kappa shape index (κ3) is 5.04. The molecule has 1 N–H and O–H groups in total. The van der Waals surface area contributed by atoms with Gasteiger partial charge in [0.1, 0.15) is 4.21 Å². The highest BCUT2D eigenvalue weighted by atomic mass is 32.2. The van der Waals surface area contributed by atoms with Crippen LogP contribution in [-0.4, -0.2) is 52.0 Å². The summed E-state index contributed by atoms with van der Waals surface area (Å²) in [5.41, 5.74) is -3.71. The molecule has 1 aromatic carbocycles. The summed E-state index contributed by atoms with van der Waals surface area (Å²) in [4.78, 5) is 7.12. The van der Waals surface area contributed by atoms with Gasteiger partial charge in [-0.1, -0.05) is 6.07 Å². The first-order chi connectivity index (χ1) is 16.0. The second-order valence-electron chi connectivity index (χ2n) is 7.47. The highest BCUT2D eigenvalue weighted by Gasteiger charge is 2.46. The van der Waals surface area contributed by atoms with E-state index < -0.39 is 30.3 Å². The molecule has 0 amide bonds. The van der Waals surface area contributed by atoms with Crippen LogP contribution in [0.5, 0.6) is 0 Å². The molecule has 34 heavy (non-hydrogen) atoms. The first-order valence-electron chi connectivity index (χ1n) is 9.85. The molecule has 1 saturated heterocycles. The van der Waals surface area contributed by atoms with Crippen LogP contribution in [0.15, 0.2) is 69.3 Å². The van der Waals surface area contributed by atoms with Crippen LogP contribution in [-0.2, 0) is 26.4 Å². The minimum absolute atomic E-state index is 0.186. The first-order valence-corrected chi connectivity index (χ1v) is 13.7. The summed E-state index contributed by atoms with van der Waals surface area (Å²) in [6.07, 6.45) is 3.00. The molecule has 1 aliphatic heterocycles. The van der Waals surface area contributed by atoms with E-state index in [9.17, 15) is 30.0 Å². The van der Waals surface area contributed by atoms with Crippen molar-refractivity contribution < 1.29 is 30.0 Å². The number of sulfonamides is 1. The van der Waals surface area contributed by atoms with Gasteiger partial charge in [0.05, 0.1) is 23.4 Å². The number of rotatable bonds is 7. The van der Waals surface area contributed by atoms with Crippen LogP contribution in [0.1, 0.15) is 5.56 Å². The molecule has 182 valence electrons. The minimum Gasteiger partial charge on any atom is -0.357 e. The van der Waals surface area contributed by atoms with E-state index in [1.165, 1.54) is 24.4 Å². The summed E-state index contributed by atoms with van der Waals surface area (Å²) >= 11 is 1.10. The number of benzene rings is 1. The van der Waals surface area contributed by atoms with Gasteiger partial charge in [-0.25, -0.2) is 16.8 Å². The number of aromatic nitrogens is 1. The molecule has 0 saturated carbocycles. The first kappa shape index (κ1) is 24.4. The molecule has 2 aromatic heterocycles. The fraction of sp³-hybridized carbons (Fsp3) is 0.250. The Balaban J connectivity index is 1.45. The van der Waals surface area contributed by atoms with Crippen molar-refractivity contribution in [2.75, 3.05) is 29.4 Å². The number of hydrogen-bond acceptors (Lipinski definition) is 8. The molecule has 1 fully saturated rings. The van der Waals surface area contributed by atoms with E-state index in [2.05, 4.69) is 9.71 Å². The van der Waals surface area contributed by atoms with E-state index in [0.29, 0.717) is 43.2 Å². The number of thiophene rings is 1. The molecule has 0 atom stereocenters. The van der Waals surface area contributed by atoms with Gasteiger partial charge < -0.3 is 4.90 Å². The monoisotopic (exact) mass is 532 g/mol. The number of hydrogen-bond donors (Lipinski definition) is 1. The molecular formula is C20H19F3N4O4S3. The Hall–Kier alpha value is -2.68. The second kappa shape index (κ2) is 9.17. The molecule has 0 unspecified atom stereocenters. The van der Waals surface area contributed by atoms with Gasteiger partial charge in [0.15, 0.2) is 0 Å². The summed E-state index contributed by atoms with van der Waals surface area (Å²) < 4.78 is 89.2. The maximum absolute atomic E-state index is 12.7. The summed E-state index contributed by atoms with van der Waals surface area (Å²) in [5, 5.41) is 1.67. The average molecular weight is 533 g/mol. The van der Waals surface area contributed by atoms with Crippen LogP contribution in [0.2, 0.25) is 0 Å². The predicted octanol–water partition coefficient (Wildman–Crippen LogP) is 3.52. The van der Waals surface area contributed by atoms with Crippen LogP contribution in [0.25, 0.3) is 0 Å². The van der Waals surface area contributed by atoms with Crippen molar-refractivity contribution in [1.82, 2.24) is 9.88 Å². The van der Waals surface area contributed by atoms with Crippen molar-refractivity contribution in [2.24, 2.45) is 0 Å². The number of sulfone groups is 1. The number of nitrogens with zero attached hydrogens (tertiary/aromatic N) is 3. The molecule has 0 bridgehead atoms. The Morgan fingerprint density at radius 3 is 2.41 bits per heavy atom. The SMILES string of the molecule is O=S(=O)(Nc1cnccc1CN1CCN(c2ccc(S(=O)(=O)C(F)(F)F)cc2)C1)c1cccs1. The number of nitrogens with one attached hydrogen (secondary N) is 1. The predicted molar refractivity (Wildman–Crippen MR) is 122 cm³/mol. The molecule has 0 radical (unpaired) electrons. The Labute approximate surface area is 198 Å². The minimum atomic E-state index is -5.39. The number of alkyl halides is 3. The number of halogens is 3. The van der Waals surface area contributed by atoms with E-state index in [4.69, 9.17) is 0 Å². The van der Waals surface area contributed by atoms with Gasteiger partial charge in [-0.05, 0) is 47.3 Å². The van der Waals surface area contributed by atoms with E-state index in [1.807, 2.05) is 9.80 Å². The molecule has 4 rings (SSSR count). The lowest BCUT2D eigenvalue weighted by atomic mass is 10.2. The second-order valence-corrected chi connectivity index (χ2v) is 12.3. The van der Waals surface area contributed by atoms with Crippen LogP contribution in [0.3, 0.4) is 0 Å². The van der Waals surface area contributed by atoms with Crippen LogP contribution in [0.4, 0.5) is 24.5 Å². The Kier molecular flexibility index (Phi) is 6.59. The lowest BCUT2D eigenvalue weighted by Gasteiger charge is -2.21. The van der Waals surface area contributed by atoms with Crippen molar-refractivity contribution in [3.8, 4) is 0 Å². The summed E-state index contributed by atoms with van der Waals surface area (Å²) in [7, 11) is -9.13. The molecule has 0 aliphatic carbocycles. The summed E-state index contributed by atoms with van der Waals surface area (Å²) in [5.74, 6) is 0. The lowest BCUT2D eigenvalue weighted by Crippen LogP contribution is -2.26.